The van der Waals surface area contributed by atoms with Gasteiger partial charge in [-0.25, -0.2) is 4.98 Å². The van der Waals surface area contributed by atoms with Crippen molar-refractivity contribution < 1.29 is 14.7 Å². The van der Waals surface area contributed by atoms with E-state index in [0.29, 0.717) is 24.5 Å². The molecule has 2 N–H and O–H groups in total. The van der Waals surface area contributed by atoms with Crippen LogP contribution < -0.4 is 5.32 Å². The fourth-order valence-electron chi connectivity index (χ4n) is 3.31. The van der Waals surface area contributed by atoms with Gasteiger partial charge in [-0.2, -0.15) is 0 Å². The average molecular weight is 353 g/mol. The van der Waals surface area contributed by atoms with Gasteiger partial charge in [0.25, 0.3) is 5.91 Å². The Kier molecular flexibility index (Phi) is 5.63. The van der Waals surface area contributed by atoms with Crippen molar-refractivity contribution in [1.29, 1.82) is 0 Å². The van der Waals surface area contributed by atoms with Crippen LogP contribution in [0, 0.1) is 5.92 Å². The van der Waals surface area contributed by atoms with Crippen molar-refractivity contribution in [3.05, 3.63) is 59.8 Å². The maximum Gasteiger partial charge on any atom is 0.254 e. The molecule has 2 aromatic rings. The number of nitrogens with zero attached hydrogens (tertiary/aromatic N) is 2. The smallest absolute Gasteiger partial charge is 0.254 e. The molecule has 0 saturated carbocycles. The lowest BCUT2D eigenvalue weighted by atomic mass is 9.87. The third-order valence-electron chi connectivity index (χ3n) is 4.66. The van der Waals surface area contributed by atoms with Crippen LogP contribution in [0.3, 0.4) is 0 Å². The highest BCUT2D eigenvalue weighted by Crippen LogP contribution is 2.23. The number of aliphatic hydroxyl groups is 1. The second-order valence-corrected chi connectivity index (χ2v) is 6.67. The molecule has 1 fully saturated rings. The molecule has 0 aliphatic carbocycles. The molecule has 0 bridgehead atoms. The molecular weight excluding hydrogens is 330 g/mol. The Morgan fingerprint density at radius 2 is 2.04 bits per heavy atom. The number of likely N-dealkylation sites (tertiary alicyclic amines) is 1. The van der Waals surface area contributed by atoms with E-state index in [2.05, 4.69) is 22.4 Å². The van der Waals surface area contributed by atoms with E-state index in [1.54, 1.807) is 17.0 Å². The van der Waals surface area contributed by atoms with E-state index in [-0.39, 0.29) is 17.7 Å². The lowest BCUT2D eigenvalue weighted by molar-refractivity contribution is -0.114. The van der Waals surface area contributed by atoms with Gasteiger partial charge in [0.1, 0.15) is 5.82 Å². The number of rotatable bonds is 4. The van der Waals surface area contributed by atoms with Crippen LogP contribution in [0.15, 0.2) is 48.7 Å². The molecule has 2 atom stereocenters. The van der Waals surface area contributed by atoms with Crippen molar-refractivity contribution in [2.24, 2.45) is 5.92 Å². The topological polar surface area (TPSA) is 82.5 Å². The molecule has 1 aliphatic rings. The van der Waals surface area contributed by atoms with Crippen LogP contribution in [-0.4, -0.2) is 46.0 Å². The first-order valence-electron chi connectivity index (χ1n) is 8.78. The highest BCUT2D eigenvalue weighted by Gasteiger charge is 2.30. The van der Waals surface area contributed by atoms with Crippen molar-refractivity contribution in [2.75, 3.05) is 18.4 Å². The minimum atomic E-state index is -0.551. The minimum Gasteiger partial charge on any atom is -0.391 e. The number of aliphatic hydroxyl groups excluding tert-OH is 1. The maximum atomic E-state index is 12.7. The molecule has 0 spiro atoms. The molecule has 6 heteroatoms. The zero-order chi connectivity index (χ0) is 18.5. The lowest BCUT2D eigenvalue weighted by Crippen LogP contribution is -2.47. The fraction of sp³-hybridized carbons (Fsp3) is 0.350. The zero-order valence-corrected chi connectivity index (χ0v) is 14.8. The van der Waals surface area contributed by atoms with Crippen LogP contribution in [0.2, 0.25) is 0 Å². The molecule has 0 radical (unpaired) electrons. The Bertz CT molecular complexity index is 779. The summed E-state index contributed by atoms with van der Waals surface area (Å²) in [6.45, 7) is 2.31. The predicted molar refractivity (Wildman–Crippen MR) is 98.7 cm³/mol. The predicted octanol–water partition coefficient (Wildman–Crippen LogP) is 2.11. The van der Waals surface area contributed by atoms with Crippen LogP contribution in [0.25, 0.3) is 0 Å². The largest absolute Gasteiger partial charge is 0.391 e. The number of nitrogens with one attached hydrogen (secondary N) is 1. The van der Waals surface area contributed by atoms with Crippen molar-refractivity contribution in [2.45, 2.75) is 25.9 Å². The number of aromatic nitrogens is 1. The van der Waals surface area contributed by atoms with E-state index in [1.807, 2.05) is 18.2 Å². The SMILES string of the molecule is CC(=O)Nc1cc(C(=O)N2CC[C@H](Cc3ccccc3)[C@H](O)C2)ccn1. The van der Waals surface area contributed by atoms with Gasteiger partial charge >= 0.3 is 0 Å². The molecule has 0 unspecified atom stereocenters. The van der Waals surface area contributed by atoms with E-state index < -0.39 is 6.10 Å². The summed E-state index contributed by atoms with van der Waals surface area (Å²) < 4.78 is 0. The summed E-state index contributed by atoms with van der Waals surface area (Å²) in [5.74, 6) is 0.104. The molecule has 2 amide bonds. The van der Waals surface area contributed by atoms with Gasteiger partial charge in [0, 0.05) is 31.8 Å². The first-order chi connectivity index (χ1) is 12.5. The molecule has 136 valence electrons. The first kappa shape index (κ1) is 18.1. The van der Waals surface area contributed by atoms with E-state index in [4.69, 9.17) is 0 Å². The van der Waals surface area contributed by atoms with Crippen molar-refractivity contribution in [3.8, 4) is 0 Å². The van der Waals surface area contributed by atoms with Crippen LogP contribution in [0.4, 0.5) is 5.82 Å². The summed E-state index contributed by atoms with van der Waals surface area (Å²) in [5.41, 5.74) is 1.66. The number of hydrogen-bond acceptors (Lipinski definition) is 4. The monoisotopic (exact) mass is 353 g/mol. The average Bonchev–Trinajstić information content (AvgIpc) is 2.63. The second-order valence-electron chi connectivity index (χ2n) is 6.67. The summed E-state index contributed by atoms with van der Waals surface area (Å²) in [4.78, 5) is 29.6. The van der Waals surface area contributed by atoms with Gasteiger partial charge in [-0.1, -0.05) is 30.3 Å². The summed E-state index contributed by atoms with van der Waals surface area (Å²) >= 11 is 0. The number of pyridine rings is 1. The first-order valence-corrected chi connectivity index (χ1v) is 8.78. The van der Waals surface area contributed by atoms with E-state index in [1.165, 1.54) is 18.7 Å². The van der Waals surface area contributed by atoms with E-state index in [9.17, 15) is 14.7 Å². The van der Waals surface area contributed by atoms with Crippen molar-refractivity contribution >= 4 is 17.6 Å². The summed E-state index contributed by atoms with van der Waals surface area (Å²) in [6, 6.07) is 13.3. The number of anilines is 1. The Morgan fingerprint density at radius 3 is 2.73 bits per heavy atom. The second kappa shape index (κ2) is 8.10. The number of amides is 2. The molecule has 1 saturated heterocycles. The molecule has 1 aromatic heterocycles. The number of piperidine rings is 1. The van der Waals surface area contributed by atoms with Crippen LogP contribution in [-0.2, 0) is 11.2 Å². The van der Waals surface area contributed by atoms with Crippen LogP contribution in [0.5, 0.6) is 0 Å². The molecule has 1 aromatic carbocycles. The van der Waals surface area contributed by atoms with Crippen molar-refractivity contribution in [1.82, 2.24) is 9.88 Å². The molecule has 26 heavy (non-hydrogen) atoms. The van der Waals surface area contributed by atoms with Gasteiger partial charge in [-0.15, -0.1) is 0 Å². The quantitative estimate of drug-likeness (QED) is 0.882. The molecule has 1 aliphatic heterocycles. The number of hydrogen-bond donors (Lipinski definition) is 2. The number of benzene rings is 1. The summed E-state index contributed by atoms with van der Waals surface area (Å²) in [7, 11) is 0. The Morgan fingerprint density at radius 1 is 1.27 bits per heavy atom. The number of β-amino-alcohol motifs (C(OH)–C–C–N with tert-alkyl or cyclic N) is 1. The van der Waals surface area contributed by atoms with Gasteiger partial charge in [-0.3, -0.25) is 9.59 Å². The molecule has 2 heterocycles. The number of carbonyl (C=O) groups is 2. The summed E-state index contributed by atoms with van der Waals surface area (Å²) in [6.07, 6.45) is 2.51. The van der Waals surface area contributed by atoms with Gasteiger partial charge in [-0.05, 0) is 36.5 Å². The highest BCUT2D eigenvalue weighted by molar-refractivity contribution is 5.96. The molecular formula is C20H23N3O3. The normalized spacial score (nSPS) is 19.8. The van der Waals surface area contributed by atoms with Crippen LogP contribution >= 0.6 is 0 Å². The molecule has 3 rings (SSSR count). The van der Waals surface area contributed by atoms with Gasteiger partial charge in [0.15, 0.2) is 0 Å². The van der Waals surface area contributed by atoms with E-state index >= 15 is 0 Å². The highest BCUT2D eigenvalue weighted by atomic mass is 16.3. The Labute approximate surface area is 152 Å². The standard InChI is InChI=1S/C20H23N3O3/c1-14(24)22-19-12-17(7-9-21-19)20(26)23-10-8-16(18(25)13-23)11-15-5-3-2-4-6-15/h2-7,9,12,16,18,25H,8,10-11,13H2,1H3,(H,21,22,24)/t16-,18-/m1/s1. The number of carbonyl (C=O) groups excluding carboxylic acids is 2. The zero-order valence-electron chi connectivity index (χ0n) is 14.8. The van der Waals surface area contributed by atoms with E-state index in [0.717, 1.165) is 12.8 Å². The third-order valence-corrected chi connectivity index (χ3v) is 4.66. The molecule has 6 nitrogen and oxygen atoms in total. The third kappa shape index (κ3) is 4.46. The Balaban J connectivity index is 1.63. The van der Waals surface area contributed by atoms with Gasteiger partial charge in [0.05, 0.1) is 6.10 Å². The lowest BCUT2D eigenvalue weighted by Gasteiger charge is -2.36. The maximum absolute atomic E-state index is 12.7. The minimum absolute atomic E-state index is 0.147. The summed E-state index contributed by atoms with van der Waals surface area (Å²) in [5, 5.41) is 13.1. The fourth-order valence-corrected chi connectivity index (χ4v) is 3.31. The van der Waals surface area contributed by atoms with Gasteiger partial charge < -0.3 is 15.3 Å². The Hall–Kier alpha value is -2.73. The van der Waals surface area contributed by atoms with Crippen LogP contribution in [0.1, 0.15) is 29.3 Å². The van der Waals surface area contributed by atoms with Crippen molar-refractivity contribution in [3.63, 3.8) is 0 Å². The van der Waals surface area contributed by atoms with Gasteiger partial charge in [0.2, 0.25) is 5.91 Å².